The number of aromatic nitrogens is 6. The van der Waals surface area contributed by atoms with Crippen molar-refractivity contribution in [2.75, 3.05) is 0 Å². The van der Waals surface area contributed by atoms with Crippen LogP contribution < -0.4 is 0 Å². The number of pyridine rings is 1. The molecule has 0 bridgehead atoms. The monoisotopic (exact) mass is 344 g/mol. The second-order valence-corrected chi connectivity index (χ2v) is 7.78. The quantitative estimate of drug-likeness (QED) is 0.701. The molecule has 0 unspecified atom stereocenters. The van der Waals surface area contributed by atoms with Crippen LogP contribution in [0.1, 0.15) is 44.5 Å². The highest BCUT2D eigenvalue weighted by atomic mass is 32.2. The molecule has 0 radical (unpaired) electrons. The second kappa shape index (κ2) is 6.01. The topological polar surface area (TPSA) is 69.4 Å². The molecule has 0 atom stereocenters. The predicted molar refractivity (Wildman–Crippen MR) is 89.6 cm³/mol. The highest BCUT2D eigenvalue weighted by molar-refractivity contribution is 8.00. The summed E-state index contributed by atoms with van der Waals surface area (Å²) in [6.07, 6.45) is 5.93. The summed E-state index contributed by atoms with van der Waals surface area (Å²) in [4.78, 5) is 8.66. The van der Waals surface area contributed by atoms with Gasteiger partial charge in [-0.15, -0.1) is 10.2 Å². The van der Waals surface area contributed by atoms with Gasteiger partial charge in [0.25, 0.3) is 0 Å². The van der Waals surface area contributed by atoms with Crippen LogP contribution in [0.15, 0.2) is 34.0 Å². The van der Waals surface area contributed by atoms with Crippen LogP contribution in [0.25, 0.3) is 11.4 Å². The van der Waals surface area contributed by atoms with Crippen LogP contribution in [-0.2, 0) is 0 Å². The van der Waals surface area contributed by atoms with Gasteiger partial charge in [-0.05, 0) is 48.3 Å². The third-order valence-corrected chi connectivity index (χ3v) is 5.36. The minimum Gasteiger partial charge on any atom is -0.299 e. The molecule has 118 valence electrons. The van der Waals surface area contributed by atoms with Gasteiger partial charge >= 0.3 is 0 Å². The molecule has 3 aromatic heterocycles. The Morgan fingerprint density at radius 1 is 1.22 bits per heavy atom. The maximum atomic E-state index is 4.59. The van der Waals surface area contributed by atoms with Gasteiger partial charge in [-0.2, -0.15) is 4.37 Å². The van der Waals surface area contributed by atoms with Crippen molar-refractivity contribution in [2.24, 2.45) is 0 Å². The third-order valence-electron chi connectivity index (χ3n) is 3.63. The van der Waals surface area contributed by atoms with Crippen LogP contribution >= 0.6 is 23.3 Å². The summed E-state index contributed by atoms with van der Waals surface area (Å²) in [7, 11) is 0. The first kappa shape index (κ1) is 14.8. The highest BCUT2D eigenvalue weighted by Crippen LogP contribution is 2.42. The standard InChI is InChI=1S/C15H16N6S2/c1-9(2)12-17-15(23-20-12)22-14-19-18-13(21(14)11-3-4-11)10-5-7-16-8-6-10/h5-9,11H,3-4H2,1-2H3. The highest BCUT2D eigenvalue weighted by Gasteiger charge is 2.30. The molecular weight excluding hydrogens is 328 g/mol. The van der Waals surface area contributed by atoms with Gasteiger partial charge in [0, 0.05) is 29.9 Å². The lowest BCUT2D eigenvalue weighted by Crippen LogP contribution is -1.99. The van der Waals surface area contributed by atoms with Crippen molar-refractivity contribution >= 4 is 23.3 Å². The Morgan fingerprint density at radius 3 is 2.65 bits per heavy atom. The normalized spacial score (nSPS) is 14.6. The second-order valence-electron chi connectivity index (χ2n) is 5.82. The lowest BCUT2D eigenvalue weighted by Gasteiger charge is -2.07. The Labute approximate surface area is 142 Å². The fraction of sp³-hybridized carbons (Fsp3) is 0.400. The van der Waals surface area contributed by atoms with Crippen molar-refractivity contribution in [1.29, 1.82) is 0 Å². The van der Waals surface area contributed by atoms with E-state index in [0.717, 1.165) is 26.7 Å². The van der Waals surface area contributed by atoms with Crippen molar-refractivity contribution in [3.8, 4) is 11.4 Å². The van der Waals surface area contributed by atoms with Gasteiger partial charge in [-0.25, -0.2) is 4.98 Å². The van der Waals surface area contributed by atoms with Crippen LogP contribution in [0.5, 0.6) is 0 Å². The van der Waals surface area contributed by atoms with Crippen molar-refractivity contribution in [3.05, 3.63) is 30.4 Å². The Hall–Kier alpha value is -1.80. The van der Waals surface area contributed by atoms with Crippen LogP contribution in [0.2, 0.25) is 0 Å². The van der Waals surface area contributed by atoms with E-state index < -0.39 is 0 Å². The Kier molecular flexibility index (Phi) is 3.86. The Bertz CT molecular complexity index is 806. The van der Waals surface area contributed by atoms with Gasteiger partial charge in [0.1, 0.15) is 5.82 Å². The first-order valence-electron chi connectivity index (χ1n) is 7.59. The molecule has 0 saturated heterocycles. The van der Waals surface area contributed by atoms with E-state index in [9.17, 15) is 0 Å². The van der Waals surface area contributed by atoms with E-state index in [-0.39, 0.29) is 0 Å². The molecule has 3 aromatic rings. The first-order valence-corrected chi connectivity index (χ1v) is 9.18. The van der Waals surface area contributed by atoms with E-state index in [1.807, 2.05) is 12.1 Å². The molecule has 23 heavy (non-hydrogen) atoms. The van der Waals surface area contributed by atoms with E-state index in [2.05, 4.69) is 43.0 Å². The van der Waals surface area contributed by atoms with Gasteiger partial charge < -0.3 is 0 Å². The molecule has 0 N–H and O–H groups in total. The molecule has 0 aliphatic heterocycles. The Morgan fingerprint density at radius 2 is 2.00 bits per heavy atom. The number of nitrogens with zero attached hydrogens (tertiary/aromatic N) is 6. The van der Waals surface area contributed by atoms with E-state index in [4.69, 9.17) is 0 Å². The number of hydrogen-bond donors (Lipinski definition) is 0. The molecule has 1 aliphatic carbocycles. The molecular formula is C15H16N6S2. The lowest BCUT2D eigenvalue weighted by molar-refractivity contribution is 0.669. The molecule has 1 saturated carbocycles. The van der Waals surface area contributed by atoms with E-state index in [1.54, 1.807) is 24.2 Å². The molecule has 0 aromatic carbocycles. The van der Waals surface area contributed by atoms with Crippen LogP contribution in [-0.4, -0.2) is 29.1 Å². The predicted octanol–water partition coefficient (Wildman–Crippen LogP) is 3.80. The zero-order chi connectivity index (χ0) is 15.8. The summed E-state index contributed by atoms with van der Waals surface area (Å²) < 4.78 is 7.56. The summed E-state index contributed by atoms with van der Waals surface area (Å²) in [5, 5.41) is 9.70. The molecule has 3 heterocycles. The fourth-order valence-electron chi connectivity index (χ4n) is 2.28. The molecule has 6 nitrogen and oxygen atoms in total. The molecule has 1 aliphatic rings. The van der Waals surface area contributed by atoms with E-state index in [1.165, 1.54) is 24.4 Å². The minimum absolute atomic E-state index is 0.342. The molecule has 8 heteroatoms. The average Bonchev–Trinajstić information content (AvgIpc) is 3.14. The number of rotatable bonds is 5. The molecule has 1 fully saturated rings. The maximum absolute atomic E-state index is 4.59. The maximum Gasteiger partial charge on any atom is 0.198 e. The smallest absolute Gasteiger partial charge is 0.198 e. The minimum atomic E-state index is 0.342. The largest absolute Gasteiger partial charge is 0.299 e. The lowest BCUT2D eigenvalue weighted by atomic mass is 10.2. The first-order chi connectivity index (χ1) is 11.2. The molecule has 0 spiro atoms. The summed E-state index contributed by atoms with van der Waals surface area (Å²) in [5.74, 6) is 2.14. The average molecular weight is 344 g/mol. The van der Waals surface area contributed by atoms with Gasteiger partial charge in [0.05, 0.1) is 0 Å². The van der Waals surface area contributed by atoms with Crippen molar-refractivity contribution in [2.45, 2.75) is 48.1 Å². The molecule has 0 amide bonds. The van der Waals surface area contributed by atoms with Crippen LogP contribution in [0.3, 0.4) is 0 Å². The van der Waals surface area contributed by atoms with Gasteiger partial charge in [0.15, 0.2) is 15.3 Å². The third kappa shape index (κ3) is 3.00. The molecule has 4 rings (SSSR count). The van der Waals surface area contributed by atoms with E-state index in [0.29, 0.717) is 12.0 Å². The fourth-order valence-corrected chi connectivity index (χ4v) is 4.03. The van der Waals surface area contributed by atoms with Crippen molar-refractivity contribution in [1.82, 2.24) is 29.1 Å². The Balaban J connectivity index is 1.67. The summed E-state index contributed by atoms with van der Waals surface area (Å²) in [6.45, 7) is 4.20. The van der Waals surface area contributed by atoms with Crippen molar-refractivity contribution < 1.29 is 0 Å². The van der Waals surface area contributed by atoms with Crippen LogP contribution in [0, 0.1) is 0 Å². The summed E-state index contributed by atoms with van der Waals surface area (Å²) in [6, 6.07) is 4.44. The summed E-state index contributed by atoms with van der Waals surface area (Å²) in [5.41, 5.74) is 1.05. The van der Waals surface area contributed by atoms with Gasteiger partial charge in [0.2, 0.25) is 0 Å². The van der Waals surface area contributed by atoms with Gasteiger partial charge in [-0.3, -0.25) is 9.55 Å². The number of hydrogen-bond acceptors (Lipinski definition) is 7. The SMILES string of the molecule is CC(C)c1nsc(Sc2nnc(-c3ccncc3)n2C2CC2)n1. The zero-order valence-corrected chi connectivity index (χ0v) is 14.5. The van der Waals surface area contributed by atoms with Gasteiger partial charge in [-0.1, -0.05) is 13.8 Å². The van der Waals surface area contributed by atoms with Crippen molar-refractivity contribution in [3.63, 3.8) is 0 Å². The summed E-state index contributed by atoms with van der Waals surface area (Å²) >= 11 is 2.98. The van der Waals surface area contributed by atoms with E-state index >= 15 is 0 Å². The van der Waals surface area contributed by atoms with Crippen LogP contribution in [0.4, 0.5) is 0 Å². The zero-order valence-electron chi connectivity index (χ0n) is 12.9.